The van der Waals surface area contributed by atoms with E-state index >= 15 is 0 Å². The molecule has 0 unspecified atom stereocenters. The maximum Gasteiger partial charge on any atom is 0.270 e. The van der Waals surface area contributed by atoms with E-state index in [9.17, 15) is 19.2 Å². The van der Waals surface area contributed by atoms with Crippen molar-refractivity contribution in [2.24, 2.45) is 0 Å². The van der Waals surface area contributed by atoms with Crippen LogP contribution in [0.15, 0.2) is 34.0 Å². The summed E-state index contributed by atoms with van der Waals surface area (Å²) in [6.45, 7) is 4.44. The van der Waals surface area contributed by atoms with Crippen molar-refractivity contribution in [3.8, 4) is 6.07 Å². The number of thioether (sulfide) groups is 1. The molecule has 2 aromatic rings. The SMILES string of the molecule is CCCn1c(NCc2ccc(F)cc2)c(/C=C2/SC(=S)N(C3CCCCC3)C2=O)c(C)c(C#N)c1=O. The molecule has 9 heteroatoms. The number of nitrogens with one attached hydrogen (secondary N) is 1. The summed E-state index contributed by atoms with van der Waals surface area (Å²) in [6.07, 6.45) is 7.70. The molecule has 1 saturated heterocycles. The van der Waals surface area contributed by atoms with E-state index < -0.39 is 0 Å². The number of amides is 1. The monoisotopic (exact) mass is 524 g/mol. The lowest BCUT2D eigenvalue weighted by Crippen LogP contribution is -2.39. The number of pyridine rings is 1. The van der Waals surface area contributed by atoms with Crippen molar-refractivity contribution in [1.82, 2.24) is 9.47 Å². The zero-order chi connectivity index (χ0) is 25.8. The van der Waals surface area contributed by atoms with Crippen molar-refractivity contribution in [1.29, 1.82) is 5.26 Å². The maximum atomic E-state index is 13.4. The molecule has 1 aliphatic carbocycles. The molecule has 1 N–H and O–H groups in total. The maximum absolute atomic E-state index is 13.4. The Balaban J connectivity index is 1.78. The largest absolute Gasteiger partial charge is 0.367 e. The van der Waals surface area contributed by atoms with E-state index in [-0.39, 0.29) is 28.9 Å². The number of halogens is 1. The summed E-state index contributed by atoms with van der Waals surface area (Å²) in [5.74, 6) is 0.0923. The quantitative estimate of drug-likeness (QED) is 0.369. The van der Waals surface area contributed by atoms with Crippen molar-refractivity contribution < 1.29 is 9.18 Å². The third-order valence-corrected chi connectivity index (χ3v) is 8.06. The molecule has 0 atom stereocenters. The minimum atomic E-state index is -0.370. The fraction of sp³-hybridized carbons (Fsp3) is 0.407. The molecule has 0 bridgehead atoms. The first-order valence-corrected chi connectivity index (χ1v) is 13.5. The van der Waals surface area contributed by atoms with Gasteiger partial charge >= 0.3 is 0 Å². The van der Waals surface area contributed by atoms with Crippen LogP contribution in [0, 0.1) is 24.1 Å². The Kier molecular flexibility index (Phi) is 8.27. The Labute approximate surface area is 220 Å². The van der Waals surface area contributed by atoms with Gasteiger partial charge in [-0.2, -0.15) is 5.26 Å². The molecule has 4 rings (SSSR count). The Morgan fingerprint density at radius 3 is 2.56 bits per heavy atom. The second kappa shape index (κ2) is 11.4. The van der Waals surface area contributed by atoms with E-state index in [0.29, 0.717) is 45.7 Å². The van der Waals surface area contributed by atoms with Gasteiger partial charge in [0.15, 0.2) is 0 Å². The number of nitrogens with zero attached hydrogens (tertiary/aromatic N) is 3. The van der Waals surface area contributed by atoms with E-state index in [4.69, 9.17) is 12.2 Å². The lowest BCUT2D eigenvalue weighted by molar-refractivity contribution is -0.124. The summed E-state index contributed by atoms with van der Waals surface area (Å²) < 4.78 is 15.5. The normalized spacial score (nSPS) is 17.6. The summed E-state index contributed by atoms with van der Waals surface area (Å²) in [5, 5.41) is 13.1. The number of nitriles is 1. The Bertz CT molecular complexity index is 1310. The Hall–Kier alpha value is -2.96. The summed E-state index contributed by atoms with van der Waals surface area (Å²) in [6, 6.07) is 8.31. The van der Waals surface area contributed by atoms with Crippen LogP contribution in [0.25, 0.3) is 6.08 Å². The third kappa shape index (κ3) is 5.25. The highest BCUT2D eigenvalue weighted by molar-refractivity contribution is 8.26. The van der Waals surface area contributed by atoms with Gasteiger partial charge in [0.05, 0.1) is 4.91 Å². The van der Waals surface area contributed by atoms with Gasteiger partial charge in [0.2, 0.25) is 0 Å². The van der Waals surface area contributed by atoms with Crippen LogP contribution in [0.4, 0.5) is 10.2 Å². The smallest absolute Gasteiger partial charge is 0.270 e. The van der Waals surface area contributed by atoms with E-state index in [1.54, 1.807) is 34.6 Å². The number of carbonyl (C=O) groups is 1. The van der Waals surface area contributed by atoms with Crippen LogP contribution in [-0.2, 0) is 17.9 Å². The number of hydrogen-bond donors (Lipinski definition) is 1. The first kappa shape index (κ1) is 26.1. The molecular weight excluding hydrogens is 495 g/mol. The third-order valence-electron chi connectivity index (χ3n) is 6.73. The second-order valence-electron chi connectivity index (χ2n) is 9.15. The molecule has 2 fully saturated rings. The minimum Gasteiger partial charge on any atom is -0.367 e. The van der Waals surface area contributed by atoms with E-state index in [1.165, 1.54) is 30.3 Å². The van der Waals surface area contributed by atoms with Gasteiger partial charge < -0.3 is 5.32 Å². The Morgan fingerprint density at radius 2 is 1.92 bits per heavy atom. The Morgan fingerprint density at radius 1 is 1.22 bits per heavy atom. The predicted octanol–water partition coefficient (Wildman–Crippen LogP) is 5.72. The van der Waals surface area contributed by atoms with Gasteiger partial charge in [0, 0.05) is 24.7 Å². The highest BCUT2D eigenvalue weighted by atomic mass is 32.2. The molecule has 1 aromatic heterocycles. The first-order chi connectivity index (χ1) is 17.3. The van der Waals surface area contributed by atoms with Crippen molar-refractivity contribution in [3.05, 3.63) is 67.6 Å². The topological polar surface area (TPSA) is 78.1 Å². The number of thiocarbonyl (C=S) groups is 1. The molecule has 1 amide bonds. The van der Waals surface area contributed by atoms with Crippen LogP contribution < -0.4 is 10.9 Å². The van der Waals surface area contributed by atoms with Crippen molar-refractivity contribution >= 4 is 46.1 Å². The summed E-state index contributed by atoms with van der Waals surface area (Å²) in [5.41, 5.74) is 1.66. The van der Waals surface area contributed by atoms with Gasteiger partial charge in [-0.3, -0.25) is 19.1 Å². The molecule has 188 valence electrons. The molecule has 0 spiro atoms. The highest BCUT2D eigenvalue weighted by Crippen LogP contribution is 2.38. The van der Waals surface area contributed by atoms with Crippen LogP contribution in [0.5, 0.6) is 0 Å². The standard InChI is InChI=1S/C27H29FN4O2S2/c1-3-13-31-24(30-16-18-9-11-19(28)12-10-18)21(17(2)22(15-29)25(31)33)14-23-26(34)32(27(35)36-23)20-7-5-4-6-8-20/h9-12,14,20,30H,3-8,13,16H2,1-2H3/b23-14+. The summed E-state index contributed by atoms with van der Waals surface area (Å²) >= 11 is 6.86. The first-order valence-electron chi connectivity index (χ1n) is 12.3. The lowest BCUT2D eigenvalue weighted by atomic mass is 9.94. The van der Waals surface area contributed by atoms with Gasteiger partial charge in [-0.1, -0.05) is 62.3 Å². The zero-order valence-electron chi connectivity index (χ0n) is 20.5. The van der Waals surface area contributed by atoms with Crippen LogP contribution in [0.2, 0.25) is 0 Å². The van der Waals surface area contributed by atoms with Gasteiger partial charge in [0.25, 0.3) is 11.5 Å². The van der Waals surface area contributed by atoms with Crippen LogP contribution in [0.3, 0.4) is 0 Å². The zero-order valence-corrected chi connectivity index (χ0v) is 22.1. The second-order valence-corrected chi connectivity index (χ2v) is 10.8. The summed E-state index contributed by atoms with van der Waals surface area (Å²) in [4.78, 5) is 28.9. The molecule has 1 aromatic carbocycles. The average Bonchev–Trinajstić information content (AvgIpc) is 3.16. The van der Waals surface area contributed by atoms with Crippen molar-refractivity contribution in [2.45, 2.75) is 71.5 Å². The van der Waals surface area contributed by atoms with Gasteiger partial charge in [0.1, 0.15) is 27.6 Å². The van der Waals surface area contributed by atoms with Crippen molar-refractivity contribution in [2.75, 3.05) is 5.32 Å². The molecule has 36 heavy (non-hydrogen) atoms. The van der Waals surface area contributed by atoms with Gasteiger partial charge in [-0.25, -0.2) is 4.39 Å². The van der Waals surface area contributed by atoms with E-state index in [0.717, 1.165) is 31.2 Å². The van der Waals surface area contributed by atoms with E-state index in [2.05, 4.69) is 11.4 Å². The van der Waals surface area contributed by atoms with Crippen LogP contribution in [0.1, 0.15) is 67.7 Å². The molecular formula is C27H29FN4O2S2. The van der Waals surface area contributed by atoms with Crippen LogP contribution in [-0.4, -0.2) is 25.7 Å². The highest BCUT2D eigenvalue weighted by Gasteiger charge is 2.37. The summed E-state index contributed by atoms with van der Waals surface area (Å²) in [7, 11) is 0. The molecule has 2 heterocycles. The number of rotatable bonds is 7. The molecule has 1 saturated carbocycles. The average molecular weight is 525 g/mol. The minimum absolute atomic E-state index is 0.0600. The van der Waals surface area contributed by atoms with Crippen molar-refractivity contribution in [3.63, 3.8) is 0 Å². The lowest BCUT2D eigenvalue weighted by Gasteiger charge is -2.29. The number of anilines is 1. The number of hydrogen-bond acceptors (Lipinski definition) is 6. The number of carbonyl (C=O) groups excluding carboxylic acids is 1. The van der Waals surface area contributed by atoms with Gasteiger partial charge in [-0.15, -0.1) is 0 Å². The molecule has 0 radical (unpaired) electrons. The number of benzene rings is 1. The fourth-order valence-corrected chi connectivity index (χ4v) is 6.23. The predicted molar refractivity (Wildman–Crippen MR) is 146 cm³/mol. The van der Waals surface area contributed by atoms with Crippen LogP contribution >= 0.6 is 24.0 Å². The van der Waals surface area contributed by atoms with Gasteiger partial charge in [-0.05, 0) is 55.5 Å². The number of aromatic nitrogens is 1. The molecule has 2 aliphatic rings. The van der Waals surface area contributed by atoms with E-state index in [1.807, 2.05) is 6.92 Å². The molecule has 1 aliphatic heterocycles. The fourth-order valence-electron chi connectivity index (χ4n) is 4.84. The molecule has 6 nitrogen and oxygen atoms in total.